The Morgan fingerprint density at radius 2 is 2.04 bits per heavy atom. The van der Waals surface area contributed by atoms with E-state index >= 15 is 0 Å². The first-order valence-electron chi connectivity index (χ1n) is 8.70. The van der Waals surface area contributed by atoms with Crippen molar-refractivity contribution in [3.63, 3.8) is 0 Å². The predicted octanol–water partition coefficient (Wildman–Crippen LogP) is 2.82. The van der Waals surface area contributed by atoms with Gasteiger partial charge in [-0.25, -0.2) is 12.8 Å². The number of nitrogens with one attached hydrogen (secondary N) is 1. The van der Waals surface area contributed by atoms with Crippen molar-refractivity contribution in [2.45, 2.75) is 38.1 Å². The number of nitrogens with zero attached hydrogens (tertiary/aromatic N) is 2. The Balaban J connectivity index is 1.59. The number of benzene rings is 1. The first kappa shape index (κ1) is 17.2. The zero-order valence-electron chi connectivity index (χ0n) is 14.4. The summed E-state index contributed by atoms with van der Waals surface area (Å²) in [5.74, 6) is -0.244. The minimum Gasteiger partial charge on any atom is -0.320 e. The van der Waals surface area contributed by atoms with Crippen molar-refractivity contribution in [1.82, 2.24) is 9.78 Å². The number of aryl methyl sites for hydroxylation is 1. The lowest BCUT2D eigenvalue weighted by Crippen LogP contribution is -2.17. The van der Waals surface area contributed by atoms with Crippen molar-refractivity contribution in [1.29, 1.82) is 0 Å². The number of hydrogen-bond acceptors (Lipinski definition) is 4. The topological polar surface area (TPSA) is 81.1 Å². The first-order chi connectivity index (χ1) is 12.3. The van der Waals surface area contributed by atoms with Crippen LogP contribution in [0.1, 0.15) is 53.0 Å². The highest BCUT2D eigenvalue weighted by atomic mass is 32.2. The van der Waals surface area contributed by atoms with Crippen molar-refractivity contribution >= 4 is 21.4 Å². The molecule has 1 aromatic heterocycles. The Bertz CT molecular complexity index is 980. The molecule has 0 unspecified atom stereocenters. The van der Waals surface area contributed by atoms with E-state index in [-0.39, 0.29) is 29.1 Å². The van der Waals surface area contributed by atoms with Crippen molar-refractivity contribution in [2.75, 3.05) is 16.8 Å². The summed E-state index contributed by atoms with van der Waals surface area (Å²) in [4.78, 5) is 12.5. The lowest BCUT2D eigenvalue weighted by Gasteiger charge is -2.12. The molecule has 1 saturated heterocycles. The zero-order valence-corrected chi connectivity index (χ0v) is 15.2. The van der Waals surface area contributed by atoms with Crippen molar-refractivity contribution in [2.24, 2.45) is 0 Å². The average molecular weight is 377 g/mol. The van der Waals surface area contributed by atoms with Gasteiger partial charge in [0.1, 0.15) is 5.82 Å². The van der Waals surface area contributed by atoms with Gasteiger partial charge in [0.15, 0.2) is 15.5 Å². The monoisotopic (exact) mass is 377 g/mol. The van der Waals surface area contributed by atoms with Crippen LogP contribution in [-0.2, 0) is 9.84 Å². The minimum absolute atomic E-state index is 0.0681. The SMILES string of the molecule is Cc1ccc(NC(=O)c2cc(C3CC3)n([C@@H]3CCS(=O)(=O)C3)n2)cc1F. The maximum absolute atomic E-state index is 13.7. The van der Waals surface area contributed by atoms with Gasteiger partial charge in [0.25, 0.3) is 5.91 Å². The van der Waals surface area contributed by atoms with Gasteiger partial charge in [-0.3, -0.25) is 9.48 Å². The van der Waals surface area contributed by atoms with Gasteiger partial charge in [-0.05, 0) is 49.9 Å². The molecular weight excluding hydrogens is 357 g/mol. The van der Waals surface area contributed by atoms with Gasteiger partial charge in [-0.2, -0.15) is 5.10 Å². The Labute approximate surface area is 151 Å². The van der Waals surface area contributed by atoms with Gasteiger partial charge in [0, 0.05) is 17.3 Å². The third-order valence-electron chi connectivity index (χ3n) is 4.98. The standard InChI is InChI=1S/C18H20FN3O3S/c1-11-2-5-13(8-15(11)19)20-18(23)16-9-17(12-3-4-12)22(21-16)14-6-7-26(24,25)10-14/h2,5,8-9,12,14H,3-4,6-7,10H2,1H3,(H,20,23)/t14-/m1/s1. The van der Waals surface area contributed by atoms with Crippen LogP contribution in [-0.4, -0.2) is 35.6 Å². The lowest BCUT2D eigenvalue weighted by molar-refractivity contribution is 0.102. The van der Waals surface area contributed by atoms with Crippen molar-refractivity contribution < 1.29 is 17.6 Å². The molecule has 0 bridgehead atoms. The van der Waals surface area contributed by atoms with Crippen LogP contribution in [0.5, 0.6) is 0 Å². The van der Waals surface area contributed by atoms with Gasteiger partial charge in [0.05, 0.1) is 17.5 Å². The number of carbonyl (C=O) groups is 1. The molecule has 2 aromatic rings. The van der Waals surface area contributed by atoms with Gasteiger partial charge in [-0.15, -0.1) is 0 Å². The molecule has 1 atom stereocenters. The zero-order chi connectivity index (χ0) is 18.5. The van der Waals surface area contributed by atoms with Crippen LogP contribution in [0.15, 0.2) is 24.3 Å². The maximum atomic E-state index is 13.7. The molecule has 0 spiro atoms. The Morgan fingerprint density at radius 3 is 2.65 bits per heavy atom. The molecule has 138 valence electrons. The van der Waals surface area contributed by atoms with Gasteiger partial charge in [-0.1, -0.05) is 6.07 Å². The van der Waals surface area contributed by atoms with E-state index in [9.17, 15) is 17.6 Å². The molecule has 4 rings (SSSR count). The maximum Gasteiger partial charge on any atom is 0.276 e. The number of hydrogen-bond donors (Lipinski definition) is 1. The van der Waals surface area contributed by atoms with E-state index in [2.05, 4.69) is 10.4 Å². The number of sulfone groups is 1. The summed E-state index contributed by atoms with van der Waals surface area (Å²) in [6.07, 6.45) is 2.57. The molecule has 1 N–H and O–H groups in total. The third-order valence-corrected chi connectivity index (χ3v) is 6.73. The summed E-state index contributed by atoms with van der Waals surface area (Å²) in [5, 5.41) is 7.06. The molecular formula is C18H20FN3O3S. The van der Waals surface area contributed by atoms with Gasteiger partial charge < -0.3 is 5.32 Å². The van der Waals surface area contributed by atoms with E-state index in [0.717, 1.165) is 18.5 Å². The summed E-state index contributed by atoms with van der Waals surface area (Å²) < 4.78 is 39.0. The largest absolute Gasteiger partial charge is 0.320 e. The highest BCUT2D eigenvalue weighted by Gasteiger charge is 2.36. The van der Waals surface area contributed by atoms with Gasteiger partial charge >= 0.3 is 0 Å². The van der Waals surface area contributed by atoms with Crippen LogP contribution in [0.2, 0.25) is 0 Å². The van der Waals surface area contributed by atoms with E-state index in [1.165, 1.54) is 6.07 Å². The highest BCUT2D eigenvalue weighted by Crippen LogP contribution is 2.42. The second-order valence-electron chi connectivity index (χ2n) is 7.15. The van der Waals surface area contributed by atoms with Crippen LogP contribution in [0.3, 0.4) is 0 Å². The molecule has 2 heterocycles. The van der Waals surface area contributed by atoms with Crippen LogP contribution in [0, 0.1) is 12.7 Å². The quantitative estimate of drug-likeness (QED) is 0.888. The number of halogens is 1. The van der Waals surface area contributed by atoms with E-state index in [1.54, 1.807) is 29.8 Å². The van der Waals surface area contributed by atoms with E-state index in [4.69, 9.17) is 0 Å². The Kier molecular flexibility index (Phi) is 4.10. The number of carbonyl (C=O) groups excluding carboxylic acids is 1. The van der Waals surface area contributed by atoms with E-state index < -0.39 is 15.7 Å². The molecule has 0 radical (unpaired) electrons. The van der Waals surface area contributed by atoms with Crippen LogP contribution >= 0.6 is 0 Å². The number of anilines is 1. The van der Waals surface area contributed by atoms with Crippen LogP contribution in [0.4, 0.5) is 10.1 Å². The molecule has 1 aliphatic carbocycles. The summed E-state index contributed by atoms with van der Waals surface area (Å²) in [6, 6.07) is 6.04. The third kappa shape index (κ3) is 3.38. The fraction of sp³-hybridized carbons (Fsp3) is 0.444. The summed E-state index contributed by atoms with van der Waals surface area (Å²) in [6.45, 7) is 1.65. The number of amides is 1. The molecule has 8 heteroatoms. The first-order valence-corrected chi connectivity index (χ1v) is 10.5. The molecule has 1 aromatic carbocycles. The molecule has 2 fully saturated rings. The number of aromatic nitrogens is 2. The predicted molar refractivity (Wildman–Crippen MR) is 95.6 cm³/mol. The smallest absolute Gasteiger partial charge is 0.276 e. The lowest BCUT2D eigenvalue weighted by atomic mass is 10.2. The Morgan fingerprint density at radius 1 is 1.27 bits per heavy atom. The second-order valence-corrected chi connectivity index (χ2v) is 9.38. The van der Waals surface area contributed by atoms with Crippen LogP contribution < -0.4 is 5.32 Å². The summed E-state index contributed by atoms with van der Waals surface area (Å²) >= 11 is 0. The molecule has 2 aliphatic rings. The molecule has 1 amide bonds. The average Bonchev–Trinajstić information content (AvgIpc) is 3.22. The van der Waals surface area contributed by atoms with E-state index in [1.807, 2.05) is 0 Å². The molecule has 26 heavy (non-hydrogen) atoms. The normalized spacial score (nSPS) is 21.7. The molecule has 1 aliphatic heterocycles. The van der Waals surface area contributed by atoms with Crippen molar-refractivity contribution in [3.05, 3.63) is 47.0 Å². The fourth-order valence-electron chi connectivity index (χ4n) is 3.33. The van der Waals surface area contributed by atoms with E-state index in [0.29, 0.717) is 23.6 Å². The molecule has 1 saturated carbocycles. The second kappa shape index (κ2) is 6.19. The molecule has 6 nitrogen and oxygen atoms in total. The summed E-state index contributed by atoms with van der Waals surface area (Å²) in [5.41, 5.74) is 2.03. The van der Waals surface area contributed by atoms with Crippen molar-refractivity contribution in [3.8, 4) is 0 Å². The Hall–Kier alpha value is -2.22. The fourth-order valence-corrected chi connectivity index (χ4v) is 5.02. The minimum atomic E-state index is -3.04. The van der Waals surface area contributed by atoms with Crippen LogP contribution in [0.25, 0.3) is 0 Å². The highest BCUT2D eigenvalue weighted by molar-refractivity contribution is 7.91. The number of rotatable bonds is 4. The van der Waals surface area contributed by atoms with Gasteiger partial charge in [0.2, 0.25) is 0 Å². The summed E-state index contributed by atoms with van der Waals surface area (Å²) in [7, 11) is -3.04.